The highest BCUT2D eigenvalue weighted by molar-refractivity contribution is 6.29. The standard InChI is InChI=1S/C17H15N5/c1-11-4-2-5-16(21-11)17(19)12(10-18)13-7-8-14-15(22-13)6-3-9-20-14/h2-10,19H,18H2,1H3/b12-10-,19-17?. The van der Waals surface area contributed by atoms with Crippen LogP contribution in [0.5, 0.6) is 0 Å². The van der Waals surface area contributed by atoms with E-state index in [1.807, 2.05) is 43.3 Å². The van der Waals surface area contributed by atoms with Crippen molar-refractivity contribution in [2.24, 2.45) is 5.73 Å². The summed E-state index contributed by atoms with van der Waals surface area (Å²) in [5.41, 5.74) is 10.2. The summed E-state index contributed by atoms with van der Waals surface area (Å²) < 4.78 is 0. The molecule has 3 heterocycles. The Kier molecular flexibility index (Phi) is 3.62. The van der Waals surface area contributed by atoms with Gasteiger partial charge in [0.25, 0.3) is 0 Å². The Balaban J connectivity index is 2.04. The SMILES string of the molecule is Cc1cccc(C(=N)/C(=C\N)c2ccc3ncccc3n2)n1. The van der Waals surface area contributed by atoms with Crippen molar-refractivity contribution >= 4 is 22.3 Å². The fourth-order valence-corrected chi connectivity index (χ4v) is 2.22. The van der Waals surface area contributed by atoms with Crippen molar-refractivity contribution in [2.75, 3.05) is 0 Å². The van der Waals surface area contributed by atoms with E-state index in [4.69, 9.17) is 11.1 Å². The number of allylic oxidation sites excluding steroid dienone is 1. The van der Waals surface area contributed by atoms with Gasteiger partial charge >= 0.3 is 0 Å². The van der Waals surface area contributed by atoms with Gasteiger partial charge in [-0.1, -0.05) is 6.07 Å². The van der Waals surface area contributed by atoms with Gasteiger partial charge in [0.05, 0.1) is 28.1 Å². The minimum absolute atomic E-state index is 0.252. The van der Waals surface area contributed by atoms with Gasteiger partial charge < -0.3 is 5.73 Å². The van der Waals surface area contributed by atoms with Crippen LogP contribution in [0.1, 0.15) is 17.1 Å². The lowest BCUT2D eigenvalue weighted by Crippen LogP contribution is -2.09. The first-order valence-corrected chi connectivity index (χ1v) is 6.86. The maximum atomic E-state index is 8.36. The van der Waals surface area contributed by atoms with E-state index < -0.39 is 0 Å². The predicted molar refractivity (Wildman–Crippen MR) is 87.5 cm³/mol. The maximum Gasteiger partial charge on any atom is 0.0905 e. The molecule has 5 heteroatoms. The first kappa shape index (κ1) is 13.9. The molecule has 0 aliphatic heterocycles. The molecule has 0 saturated heterocycles. The largest absolute Gasteiger partial charge is 0.404 e. The molecular formula is C17H15N5. The lowest BCUT2D eigenvalue weighted by Gasteiger charge is -2.09. The van der Waals surface area contributed by atoms with Crippen LogP contribution >= 0.6 is 0 Å². The van der Waals surface area contributed by atoms with Gasteiger partial charge in [-0.25, -0.2) is 4.98 Å². The summed E-state index contributed by atoms with van der Waals surface area (Å²) in [5, 5.41) is 8.36. The van der Waals surface area contributed by atoms with Crippen LogP contribution in [-0.2, 0) is 0 Å². The predicted octanol–water partition coefficient (Wildman–Crippen LogP) is 2.70. The molecule has 0 spiro atoms. The number of hydrogen-bond donors (Lipinski definition) is 2. The molecular weight excluding hydrogens is 274 g/mol. The number of nitrogens with two attached hydrogens (primary N) is 1. The van der Waals surface area contributed by atoms with E-state index in [1.54, 1.807) is 12.3 Å². The van der Waals surface area contributed by atoms with Gasteiger partial charge in [-0.05, 0) is 43.3 Å². The number of rotatable bonds is 3. The number of nitrogens with one attached hydrogen (secondary N) is 1. The molecule has 0 bridgehead atoms. The summed E-state index contributed by atoms with van der Waals surface area (Å²) in [5.74, 6) is 0. The molecule has 0 atom stereocenters. The molecule has 5 nitrogen and oxygen atoms in total. The van der Waals surface area contributed by atoms with Gasteiger partial charge in [0.15, 0.2) is 0 Å². The summed E-state index contributed by atoms with van der Waals surface area (Å²) in [6.45, 7) is 1.89. The fourth-order valence-electron chi connectivity index (χ4n) is 2.22. The molecule has 0 fully saturated rings. The summed E-state index contributed by atoms with van der Waals surface area (Å²) in [6.07, 6.45) is 3.12. The molecule has 3 aromatic heterocycles. The van der Waals surface area contributed by atoms with E-state index in [9.17, 15) is 0 Å². The van der Waals surface area contributed by atoms with Gasteiger partial charge in [0.2, 0.25) is 0 Å². The Morgan fingerprint density at radius 2 is 1.86 bits per heavy atom. The van der Waals surface area contributed by atoms with E-state index >= 15 is 0 Å². The third-order valence-electron chi connectivity index (χ3n) is 3.31. The first-order valence-electron chi connectivity index (χ1n) is 6.86. The van der Waals surface area contributed by atoms with Crippen LogP contribution in [0.2, 0.25) is 0 Å². The smallest absolute Gasteiger partial charge is 0.0905 e. The normalized spacial score (nSPS) is 11.6. The first-order chi connectivity index (χ1) is 10.7. The van der Waals surface area contributed by atoms with Crippen LogP contribution in [0.15, 0.2) is 54.9 Å². The van der Waals surface area contributed by atoms with Crippen molar-refractivity contribution in [1.29, 1.82) is 5.41 Å². The van der Waals surface area contributed by atoms with Crippen LogP contribution in [0.4, 0.5) is 0 Å². The van der Waals surface area contributed by atoms with Gasteiger partial charge in [0.1, 0.15) is 0 Å². The zero-order valence-corrected chi connectivity index (χ0v) is 12.1. The number of fused-ring (bicyclic) bond motifs is 1. The van der Waals surface area contributed by atoms with E-state index in [2.05, 4.69) is 15.0 Å². The van der Waals surface area contributed by atoms with Crippen molar-refractivity contribution in [1.82, 2.24) is 15.0 Å². The molecule has 0 unspecified atom stereocenters. The Labute approximate surface area is 128 Å². The summed E-state index contributed by atoms with van der Waals surface area (Å²) >= 11 is 0. The number of pyridine rings is 3. The lowest BCUT2D eigenvalue weighted by atomic mass is 10.0. The molecule has 0 aromatic carbocycles. The second-order valence-corrected chi connectivity index (χ2v) is 4.86. The van der Waals surface area contributed by atoms with Crippen molar-refractivity contribution in [2.45, 2.75) is 6.92 Å². The summed E-state index contributed by atoms with van der Waals surface area (Å²) in [7, 11) is 0. The molecule has 22 heavy (non-hydrogen) atoms. The van der Waals surface area contributed by atoms with Crippen LogP contribution < -0.4 is 5.73 Å². The minimum atomic E-state index is 0.252. The molecule has 0 amide bonds. The molecule has 0 saturated carbocycles. The van der Waals surface area contributed by atoms with Gasteiger partial charge in [-0.3, -0.25) is 15.4 Å². The van der Waals surface area contributed by atoms with Crippen molar-refractivity contribution in [3.8, 4) is 0 Å². The zero-order chi connectivity index (χ0) is 15.5. The Bertz CT molecular complexity index is 883. The van der Waals surface area contributed by atoms with Crippen molar-refractivity contribution in [3.63, 3.8) is 0 Å². The third-order valence-corrected chi connectivity index (χ3v) is 3.31. The average Bonchev–Trinajstić information content (AvgIpc) is 2.55. The van der Waals surface area contributed by atoms with E-state index in [-0.39, 0.29) is 5.71 Å². The Morgan fingerprint density at radius 1 is 1.00 bits per heavy atom. The second-order valence-electron chi connectivity index (χ2n) is 4.86. The summed E-state index contributed by atoms with van der Waals surface area (Å²) in [6, 6.07) is 13.0. The Morgan fingerprint density at radius 3 is 2.64 bits per heavy atom. The highest BCUT2D eigenvalue weighted by Gasteiger charge is 2.13. The maximum absolute atomic E-state index is 8.36. The molecule has 108 valence electrons. The van der Waals surface area contributed by atoms with Gasteiger partial charge in [0, 0.05) is 23.7 Å². The number of aromatic nitrogens is 3. The van der Waals surface area contributed by atoms with E-state index in [0.717, 1.165) is 16.7 Å². The monoisotopic (exact) mass is 289 g/mol. The molecule has 0 radical (unpaired) electrons. The van der Waals surface area contributed by atoms with Crippen molar-refractivity contribution < 1.29 is 0 Å². The number of nitrogens with zero attached hydrogens (tertiary/aromatic N) is 3. The van der Waals surface area contributed by atoms with Crippen LogP contribution in [0, 0.1) is 12.3 Å². The third kappa shape index (κ3) is 2.56. The lowest BCUT2D eigenvalue weighted by molar-refractivity contribution is 1.17. The van der Waals surface area contributed by atoms with Crippen LogP contribution in [0.3, 0.4) is 0 Å². The fraction of sp³-hybridized carbons (Fsp3) is 0.0588. The van der Waals surface area contributed by atoms with Crippen LogP contribution in [-0.4, -0.2) is 20.7 Å². The molecule has 3 aromatic rings. The molecule has 3 rings (SSSR count). The Hall–Kier alpha value is -3.08. The van der Waals surface area contributed by atoms with E-state index in [1.165, 1.54) is 6.20 Å². The quantitative estimate of drug-likeness (QED) is 0.725. The van der Waals surface area contributed by atoms with Crippen LogP contribution in [0.25, 0.3) is 16.6 Å². The highest BCUT2D eigenvalue weighted by Crippen LogP contribution is 2.19. The average molecular weight is 289 g/mol. The van der Waals surface area contributed by atoms with Gasteiger partial charge in [-0.2, -0.15) is 0 Å². The zero-order valence-electron chi connectivity index (χ0n) is 12.1. The number of hydrogen-bond acceptors (Lipinski definition) is 5. The highest BCUT2D eigenvalue weighted by atomic mass is 14.8. The molecule has 3 N–H and O–H groups in total. The van der Waals surface area contributed by atoms with Crippen molar-refractivity contribution in [3.05, 3.63) is 71.9 Å². The second kappa shape index (κ2) is 5.73. The molecule has 0 aliphatic rings. The number of aryl methyl sites for hydroxylation is 1. The topological polar surface area (TPSA) is 88.5 Å². The molecule has 0 aliphatic carbocycles. The summed E-state index contributed by atoms with van der Waals surface area (Å²) in [4.78, 5) is 13.1. The minimum Gasteiger partial charge on any atom is -0.404 e. The van der Waals surface area contributed by atoms with E-state index in [0.29, 0.717) is 17.0 Å². The van der Waals surface area contributed by atoms with Gasteiger partial charge in [-0.15, -0.1) is 0 Å².